The molecule has 3 heteroatoms. The van der Waals surface area contributed by atoms with Crippen LogP contribution in [-0.2, 0) is 0 Å². The van der Waals surface area contributed by atoms with Gasteiger partial charge in [0.1, 0.15) is 5.75 Å². The third-order valence-corrected chi connectivity index (χ3v) is 3.22. The van der Waals surface area contributed by atoms with Gasteiger partial charge in [-0.05, 0) is 36.6 Å². The van der Waals surface area contributed by atoms with Gasteiger partial charge < -0.3 is 10.1 Å². The number of ether oxygens (including phenoxy) is 1. The van der Waals surface area contributed by atoms with E-state index >= 15 is 0 Å². The molecule has 1 aromatic carbocycles. The molecule has 1 aromatic rings. The van der Waals surface area contributed by atoms with Crippen LogP contribution >= 0.6 is 11.6 Å². The summed E-state index contributed by atoms with van der Waals surface area (Å²) in [6.07, 6.45) is 1.18. The van der Waals surface area contributed by atoms with E-state index in [0.717, 1.165) is 18.2 Å². The predicted octanol–water partition coefficient (Wildman–Crippen LogP) is 3.02. The number of benzene rings is 1. The summed E-state index contributed by atoms with van der Waals surface area (Å²) in [6.45, 7) is 3.35. The van der Waals surface area contributed by atoms with Crippen molar-refractivity contribution in [1.82, 2.24) is 5.32 Å². The molecular weight excluding hydrogens is 210 g/mol. The molecule has 0 aromatic heterocycles. The first kappa shape index (κ1) is 10.8. The minimum atomic E-state index is 0.448. The van der Waals surface area contributed by atoms with Gasteiger partial charge in [0.15, 0.2) is 0 Å². The van der Waals surface area contributed by atoms with Gasteiger partial charge in [0, 0.05) is 6.04 Å². The Balaban J connectivity index is 2.19. The van der Waals surface area contributed by atoms with Crippen LogP contribution in [0.3, 0.4) is 0 Å². The number of nitrogens with one attached hydrogen (secondary N) is 1. The van der Waals surface area contributed by atoms with Crippen molar-refractivity contribution >= 4 is 11.6 Å². The van der Waals surface area contributed by atoms with Crippen LogP contribution in [-0.4, -0.2) is 13.7 Å². The van der Waals surface area contributed by atoms with E-state index in [0.29, 0.717) is 11.1 Å². The number of methoxy groups -OCH3 is 1. The van der Waals surface area contributed by atoms with E-state index in [1.807, 2.05) is 12.1 Å². The molecule has 15 heavy (non-hydrogen) atoms. The fraction of sp³-hybridized carbons (Fsp3) is 0.500. The average molecular weight is 226 g/mol. The summed E-state index contributed by atoms with van der Waals surface area (Å²) in [5, 5.41) is 4.18. The summed E-state index contributed by atoms with van der Waals surface area (Å²) in [4.78, 5) is 0. The second-order valence-corrected chi connectivity index (χ2v) is 4.60. The van der Waals surface area contributed by atoms with Crippen molar-refractivity contribution in [2.75, 3.05) is 13.7 Å². The zero-order chi connectivity index (χ0) is 10.8. The van der Waals surface area contributed by atoms with Gasteiger partial charge in [0.2, 0.25) is 0 Å². The van der Waals surface area contributed by atoms with Crippen molar-refractivity contribution in [2.24, 2.45) is 5.92 Å². The normalized spacial score (nSPS) is 25.5. The number of halogens is 1. The third-order valence-electron chi connectivity index (χ3n) is 2.93. The van der Waals surface area contributed by atoms with Gasteiger partial charge in [-0.2, -0.15) is 0 Å². The van der Waals surface area contributed by atoms with Gasteiger partial charge in [-0.1, -0.05) is 24.6 Å². The standard InChI is InChI=1S/C12H16ClNO/c1-8-5-11(14-7-8)9-3-4-12(15-2)10(13)6-9/h3-4,6,8,11,14H,5,7H2,1-2H3/t8-,11+/m1/s1. The zero-order valence-electron chi connectivity index (χ0n) is 9.09. The minimum absolute atomic E-state index is 0.448. The molecule has 1 fully saturated rings. The number of hydrogen-bond donors (Lipinski definition) is 1. The van der Waals surface area contributed by atoms with Crippen molar-refractivity contribution in [2.45, 2.75) is 19.4 Å². The van der Waals surface area contributed by atoms with E-state index in [2.05, 4.69) is 18.3 Å². The van der Waals surface area contributed by atoms with E-state index in [1.54, 1.807) is 7.11 Å². The molecule has 1 aliphatic heterocycles. The maximum atomic E-state index is 6.09. The Kier molecular flexibility index (Phi) is 3.17. The Labute approximate surface area is 95.6 Å². The van der Waals surface area contributed by atoms with Crippen LogP contribution in [0, 0.1) is 5.92 Å². The lowest BCUT2D eigenvalue weighted by Gasteiger charge is -2.12. The molecule has 1 saturated heterocycles. The smallest absolute Gasteiger partial charge is 0.137 e. The van der Waals surface area contributed by atoms with Crippen molar-refractivity contribution < 1.29 is 4.74 Å². The van der Waals surface area contributed by atoms with E-state index in [-0.39, 0.29) is 0 Å². The molecule has 2 rings (SSSR count). The first-order valence-corrected chi connectivity index (χ1v) is 5.65. The second-order valence-electron chi connectivity index (χ2n) is 4.20. The highest BCUT2D eigenvalue weighted by Gasteiger charge is 2.22. The van der Waals surface area contributed by atoms with Crippen molar-refractivity contribution in [1.29, 1.82) is 0 Å². The Bertz CT molecular complexity index is 353. The minimum Gasteiger partial charge on any atom is -0.495 e. The molecule has 0 aliphatic carbocycles. The lowest BCUT2D eigenvalue weighted by atomic mass is 10.0. The number of hydrogen-bond acceptors (Lipinski definition) is 2. The third kappa shape index (κ3) is 2.27. The van der Waals surface area contributed by atoms with Crippen LogP contribution < -0.4 is 10.1 Å². The van der Waals surface area contributed by atoms with Gasteiger partial charge >= 0.3 is 0 Å². The quantitative estimate of drug-likeness (QED) is 0.836. The summed E-state index contributed by atoms with van der Waals surface area (Å²) in [7, 11) is 1.64. The molecule has 0 saturated carbocycles. The molecule has 1 aliphatic rings. The van der Waals surface area contributed by atoms with Crippen LogP contribution in [0.1, 0.15) is 24.9 Å². The van der Waals surface area contributed by atoms with Crippen LogP contribution in [0.25, 0.3) is 0 Å². The SMILES string of the molecule is COc1ccc([C@@H]2C[C@@H](C)CN2)cc1Cl. The summed E-state index contributed by atoms with van der Waals surface area (Å²) in [5.74, 6) is 1.49. The molecular formula is C12H16ClNO. The van der Waals surface area contributed by atoms with E-state index in [9.17, 15) is 0 Å². The van der Waals surface area contributed by atoms with Crippen LogP contribution in [0.5, 0.6) is 5.75 Å². The Morgan fingerprint density at radius 3 is 2.80 bits per heavy atom. The molecule has 82 valence electrons. The van der Waals surface area contributed by atoms with Gasteiger partial charge in [0.05, 0.1) is 12.1 Å². The lowest BCUT2D eigenvalue weighted by molar-refractivity contribution is 0.414. The maximum Gasteiger partial charge on any atom is 0.137 e. The monoisotopic (exact) mass is 225 g/mol. The molecule has 1 N–H and O–H groups in total. The summed E-state index contributed by atoms with van der Waals surface area (Å²) < 4.78 is 5.13. The second kappa shape index (κ2) is 4.42. The Morgan fingerprint density at radius 2 is 2.27 bits per heavy atom. The van der Waals surface area contributed by atoms with Crippen LogP contribution in [0.15, 0.2) is 18.2 Å². The highest BCUT2D eigenvalue weighted by atomic mass is 35.5. The van der Waals surface area contributed by atoms with E-state index in [1.165, 1.54) is 12.0 Å². The van der Waals surface area contributed by atoms with Gasteiger partial charge in [-0.25, -0.2) is 0 Å². The molecule has 2 atom stereocenters. The maximum absolute atomic E-state index is 6.09. The zero-order valence-corrected chi connectivity index (χ0v) is 9.84. The Morgan fingerprint density at radius 1 is 1.47 bits per heavy atom. The molecule has 2 nitrogen and oxygen atoms in total. The van der Waals surface area contributed by atoms with Crippen molar-refractivity contribution in [3.63, 3.8) is 0 Å². The summed E-state index contributed by atoms with van der Waals surface area (Å²) >= 11 is 6.09. The summed E-state index contributed by atoms with van der Waals surface area (Å²) in [6, 6.07) is 6.46. The van der Waals surface area contributed by atoms with Crippen molar-refractivity contribution in [3.8, 4) is 5.75 Å². The molecule has 0 radical (unpaired) electrons. The number of rotatable bonds is 2. The average Bonchev–Trinajstić information content (AvgIpc) is 2.65. The highest BCUT2D eigenvalue weighted by molar-refractivity contribution is 6.32. The lowest BCUT2D eigenvalue weighted by Crippen LogP contribution is -2.13. The van der Waals surface area contributed by atoms with Crippen LogP contribution in [0.4, 0.5) is 0 Å². The van der Waals surface area contributed by atoms with Gasteiger partial charge in [-0.3, -0.25) is 0 Å². The first-order valence-electron chi connectivity index (χ1n) is 5.27. The predicted molar refractivity (Wildman–Crippen MR) is 62.5 cm³/mol. The van der Waals surface area contributed by atoms with Crippen molar-refractivity contribution in [3.05, 3.63) is 28.8 Å². The summed E-state index contributed by atoms with van der Waals surface area (Å²) in [5.41, 5.74) is 1.25. The van der Waals surface area contributed by atoms with E-state index in [4.69, 9.17) is 16.3 Å². The fourth-order valence-corrected chi connectivity index (χ4v) is 2.33. The van der Waals surface area contributed by atoms with Gasteiger partial charge in [-0.15, -0.1) is 0 Å². The topological polar surface area (TPSA) is 21.3 Å². The van der Waals surface area contributed by atoms with Crippen LogP contribution in [0.2, 0.25) is 5.02 Å². The molecule has 0 bridgehead atoms. The molecule has 0 spiro atoms. The molecule has 0 unspecified atom stereocenters. The van der Waals surface area contributed by atoms with Gasteiger partial charge in [0.25, 0.3) is 0 Å². The van der Waals surface area contributed by atoms with E-state index < -0.39 is 0 Å². The largest absolute Gasteiger partial charge is 0.495 e. The molecule has 1 heterocycles. The first-order chi connectivity index (χ1) is 7.20. The Hall–Kier alpha value is -0.730. The highest BCUT2D eigenvalue weighted by Crippen LogP contribution is 2.32. The molecule has 0 amide bonds. The fourth-order valence-electron chi connectivity index (χ4n) is 2.07.